The number of aryl methyl sites for hydroxylation is 2. The van der Waals surface area contributed by atoms with Crippen molar-refractivity contribution in [1.82, 2.24) is 4.90 Å². The summed E-state index contributed by atoms with van der Waals surface area (Å²) in [5.74, 6) is 1.24. The first-order chi connectivity index (χ1) is 12.7. The molecule has 0 spiro atoms. The number of sulfonamides is 1. The number of likely N-dealkylation sites (N-methyl/N-ethyl adjacent to an activating group) is 1. The van der Waals surface area contributed by atoms with Crippen LogP contribution < -0.4 is 14.2 Å². The molecule has 0 unspecified atom stereocenters. The van der Waals surface area contributed by atoms with Crippen molar-refractivity contribution in [1.29, 1.82) is 0 Å². The largest absolute Gasteiger partial charge is 0.496 e. The van der Waals surface area contributed by atoms with E-state index in [1.165, 1.54) is 0 Å². The third-order valence-corrected chi connectivity index (χ3v) is 6.41. The zero-order valence-corrected chi connectivity index (χ0v) is 17.2. The summed E-state index contributed by atoms with van der Waals surface area (Å²) < 4.78 is 40.1. The number of hydrogen-bond acceptors (Lipinski definition) is 5. The van der Waals surface area contributed by atoms with Crippen molar-refractivity contribution in [2.24, 2.45) is 0 Å². The van der Waals surface area contributed by atoms with Gasteiger partial charge < -0.3 is 14.4 Å². The molecule has 1 N–H and O–H groups in total. The lowest BCUT2D eigenvalue weighted by Gasteiger charge is -2.32. The third kappa shape index (κ3) is 3.89. The standard InChI is InChI=1S/C20H26N2O4S/c1-13-6-7-14(2)19(10-13)27(23,24)21-17-8-9-18(25-5)16-11-15(22(3)4)12-26-20(16)17/h6-10,15,21H,11-12H2,1-5H3/t15-/m1/s1. The summed E-state index contributed by atoms with van der Waals surface area (Å²) in [4.78, 5) is 2.36. The average molecular weight is 391 g/mol. The van der Waals surface area contributed by atoms with Crippen LogP contribution >= 0.6 is 0 Å². The van der Waals surface area contributed by atoms with Crippen LogP contribution in [0.15, 0.2) is 35.2 Å². The molecule has 2 aromatic rings. The number of nitrogens with one attached hydrogen (secondary N) is 1. The van der Waals surface area contributed by atoms with Crippen molar-refractivity contribution in [2.45, 2.75) is 31.2 Å². The van der Waals surface area contributed by atoms with Gasteiger partial charge >= 0.3 is 0 Å². The maximum absolute atomic E-state index is 13.0. The second-order valence-corrected chi connectivity index (χ2v) is 8.78. The highest BCUT2D eigenvalue weighted by Crippen LogP contribution is 2.40. The van der Waals surface area contributed by atoms with E-state index in [1.54, 1.807) is 32.2 Å². The highest BCUT2D eigenvalue weighted by Gasteiger charge is 2.28. The van der Waals surface area contributed by atoms with Gasteiger partial charge in [-0.3, -0.25) is 4.72 Å². The topological polar surface area (TPSA) is 67.9 Å². The Kier molecular flexibility index (Phi) is 5.35. The molecule has 1 atom stereocenters. The molecular weight excluding hydrogens is 364 g/mol. The molecule has 1 aliphatic heterocycles. The van der Waals surface area contributed by atoms with Crippen LogP contribution in [-0.4, -0.2) is 47.2 Å². The Morgan fingerprint density at radius 3 is 2.59 bits per heavy atom. The molecule has 0 radical (unpaired) electrons. The SMILES string of the molecule is COc1ccc(NS(=O)(=O)c2cc(C)ccc2C)c2c1C[C@@H](N(C)C)CO2. The molecule has 27 heavy (non-hydrogen) atoms. The summed E-state index contributed by atoms with van der Waals surface area (Å²) in [5, 5.41) is 0. The first-order valence-corrected chi connectivity index (χ1v) is 10.3. The van der Waals surface area contributed by atoms with Crippen molar-refractivity contribution in [3.8, 4) is 11.5 Å². The van der Waals surface area contributed by atoms with Crippen LogP contribution in [0.2, 0.25) is 0 Å². The van der Waals surface area contributed by atoms with Crippen molar-refractivity contribution >= 4 is 15.7 Å². The summed E-state index contributed by atoms with van der Waals surface area (Å²) in [6, 6.07) is 9.06. The zero-order chi connectivity index (χ0) is 19.8. The Hall–Kier alpha value is -2.25. The Morgan fingerprint density at radius 1 is 1.19 bits per heavy atom. The quantitative estimate of drug-likeness (QED) is 0.850. The van der Waals surface area contributed by atoms with E-state index >= 15 is 0 Å². The van der Waals surface area contributed by atoms with E-state index in [0.29, 0.717) is 29.4 Å². The van der Waals surface area contributed by atoms with E-state index in [9.17, 15) is 8.42 Å². The number of hydrogen-bond donors (Lipinski definition) is 1. The fraction of sp³-hybridized carbons (Fsp3) is 0.400. The number of benzene rings is 2. The van der Waals surface area contributed by atoms with Crippen molar-refractivity contribution < 1.29 is 17.9 Å². The summed E-state index contributed by atoms with van der Waals surface area (Å²) in [6.45, 7) is 4.15. The van der Waals surface area contributed by atoms with Crippen LogP contribution in [0.3, 0.4) is 0 Å². The summed E-state index contributed by atoms with van der Waals surface area (Å²) >= 11 is 0. The highest BCUT2D eigenvalue weighted by molar-refractivity contribution is 7.92. The van der Waals surface area contributed by atoms with Gasteiger partial charge in [-0.1, -0.05) is 12.1 Å². The fourth-order valence-corrected chi connectivity index (χ4v) is 4.63. The highest BCUT2D eigenvalue weighted by atomic mass is 32.2. The number of ether oxygens (including phenoxy) is 2. The van der Waals surface area contributed by atoms with Crippen LogP contribution in [0, 0.1) is 13.8 Å². The smallest absolute Gasteiger partial charge is 0.262 e. The van der Waals surface area contributed by atoms with Crippen LogP contribution in [-0.2, 0) is 16.4 Å². The minimum absolute atomic E-state index is 0.206. The van der Waals surface area contributed by atoms with Gasteiger partial charge in [0.05, 0.1) is 17.7 Å². The Labute approximate surface area is 161 Å². The molecule has 2 aromatic carbocycles. The van der Waals surface area contributed by atoms with Gasteiger partial charge in [0.15, 0.2) is 0 Å². The van der Waals surface area contributed by atoms with Crippen LogP contribution in [0.1, 0.15) is 16.7 Å². The molecule has 1 heterocycles. The minimum atomic E-state index is -3.73. The van der Waals surface area contributed by atoms with Gasteiger partial charge in [0.25, 0.3) is 10.0 Å². The van der Waals surface area contributed by atoms with E-state index in [-0.39, 0.29) is 10.9 Å². The lowest BCUT2D eigenvalue weighted by Crippen LogP contribution is -2.38. The van der Waals surface area contributed by atoms with Crippen LogP contribution in [0.4, 0.5) is 5.69 Å². The van der Waals surface area contributed by atoms with E-state index in [0.717, 1.165) is 17.5 Å². The van der Waals surface area contributed by atoms with Gasteiger partial charge in [0.1, 0.15) is 18.1 Å². The molecule has 0 saturated carbocycles. The number of nitrogens with zero attached hydrogens (tertiary/aromatic N) is 1. The Bertz CT molecular complexity index is 955. The van der Waals surface area contributed by atoms with Crippen LogP contribution in [0.25, 0.3) is 0 Å². The molecule has 1 aliphatic rings. The lowest BCUT2D eigenvalue weighted by molar-refractivity contribution is 0.164. The first kappa shape index (κ1) is 19.5. The Balaban J connectivity index is 2.01. The molecular formula is C20H26N2O4S. The monoisotopic (exact) mass is 390 g/mol. The van der Waals surface area contributed by atoms with Crippen molar-refractivity contribution in [3.63, 3.8) is 0 Å². The second kappa shape index (κ2) is 7.40. The van der Waals surface area contributed by atoms with Gasteiger partial charge in [-0.25, -0.2) is 8.42 Å². The molecule has 0 aromatic heterocycles. The molecule has 146 valence electrons. The second-order valence-electron chi connectivity index (χ2n) is 7.13. The van der Waals surface area contributed by atoms with Gasteiger partial charge in [-0.05, 0) is 63.7 Å². The summed E-state index contributed by atoms with van der Waals surface area (Å²) in [7, 11) is 1.87. The molecule has 7 heteroatoms. The molecule has 0 fully saturated rings. The number of anilines is 1. The molecule has 0 aliphatic carbocycles. The van der Waals surface area contributed by atoms with E-state index in [1.807, 2.05) is 33.2 Å². The van der Waals surface area contributed by atoms with Crippen molar-refractivity contribution in [3.05, 3.63) is 47.0 Å². The average Bonchev–Trinajstić information content (AvgIpc) is 2.63. The summed E-state index contributed by atoms with van der Waals surface area (Å²) in [6.07, 6.45) is 0.727. The molecule has 6 nitrogen and oxygen atoms in total. The maximum atomic E-state index is 13.0. The molecule has 0 saturated heterocycles. The van der Waals surface area contributed by atoms with E-state index in [2.05, 4.69) is 9.62 Å². The van der Waals surface area contributed by atoms with Gasteiger partial charge in [0, 0.05) is 11.6 Å². The van der Waals surface area contributed by atoms with Gasteiger partial charge in [-0.2, -0.15) is 0 Å². The molecule has 0 bridgehead atoms. The number of rotatable bonds is 5. The fourth-order valence-electron chi connectivity index (χ4n) is 3.24. The van der Waals surface area contributed by atoms with Gasteiger partial charge in [-0.15, -0.1) is 0 Å². The number of methoxy groups -OCH3 is 1. The number of fused-ring (bicyclic) bond motifs is 1. The lowest BCUT2D eigenvalue weighted by atomic mass is 10.00. The van der Waals surface area contributed by atoms with Crippen molar-refractivity contribution in [2.75, 3.05) is 32.5 Å². The molecule has 3 rings (SSSR count). The summed E-state index contributed by atoms with van der Waals surface area (Å²) in [5.41, 5.74) is 2.90. The van der Waals surface area contributed by atoms with Crippen LogP contribution in [0.5, 0.6) is 11.5 Å². The van der Waals surface area contributed by atoms with E-state index in [4.69, 9.17) is 9.47 Å². The minimum Gasteiger partial charge on any atom is -0.496 e. The Morgan fingerprint density at radius 2 is 1.93 bits per heavy atom. The predicted molar refractivity (Wildman–Crippen MR) is 106 cm³/mol. The van der Waals surface area contributed by atoms with Gasteiger partial charge in [0.2, 0.25) is 0 Å². The molecule has 0 amide bonds. The normalized spacial score (nSPS) is 16.6. The zero-order valence-electron chi connectivity index (χ0n) is 16.4. The maximum Gasteiger partial charge on any atom is 0.262 e. The third-order valence-electron chi connectivity index (χ3n) is 4.91. The predicted octanol–water partition coefficient (Wildman–Crippen LogP) is 2.98. The first-order valence-electron chi connectivity index (χ1n) is 8.82. The van der Waals surface area contributed by atoms with E-state index < -0.39 is 10.0 Å².